The zero-order valence-electron chi connectivity index (χ0n) is 15.5. The molecule has 0 aliphatic rings. The summed E-state index contributed by atoms with van der Waals surface area (Å²) in [5, 5.41) is 16.0. The van der Waals surface area contributed by atoms with Gasteiger partial charge < -0.3 is 14.5 Å². The number of amides is 1. The van der Waals surface area contributed by atoms with Crippen molar-refractivity contribution in [2.45, 2.75) is 12.1 Å². The van der Waals surface area contributed by atoms with Crippen LogP contribution in [0, 0.1) is 6.92 Å². The molecule has 0 fully saturated rings. The van der Waals surface area contributed by atoms with E-state index in [0.717, 1.165) is 16.6 Å². The van der Waals surface area contributed by atoms with Gasteiger partial charge in [-0.3, -0.25) is 4.79 Å². The fraction of sp³-hybridized carbons (Fsp3) is 0.158. The number of benzene rings is 2. The van der Waals surface area contributed by atoms with Gasteiger partial charge in [-0.1, -0.05) is 17.8 Å². The summed E-state index contributed by atoms with van der Waals surface area (Å²) < 4.78 is 12.6. The number of thioether (sulfide) groups is 1. The number of hydrogen-bond acceptors (Lipinski definition) is 7. The summed E-state index contributed by atoms with van der Waals surface area (Å²) >= 11 is 1.44. The minimum Gasteiger partial charge on any atom is -0.497 e. The van der Waals surface area contributed by atoms with E-state index in [-0.39, 0.29) is 11.7 Å². The second kappa shape index (κ2) is 7.35. The average Bonchev–Trinajstić information content (AvgIpc) is 3.32. The molecule has 0 aliphatic heterocycles. The summed E-state index contributed by atoms with van der Waals surface area (Å²) in [4.78, 5) is 12.8. The maximum Gasteiger partial charge on any atom is 0.291 e. The molecule has 4 rings (SSSR count). The fourth-order valence-corrected chi connectivity index (χ4v) is 3.35. The lowest BCUT2D eigenvalue weighted by Crippen LogP contribution is -2.12. The number of carbonyl (C=O) groups excluding carboxylic acids is 1. The molecule has 2 heterocycles. The molecule has 9 heteroatoms. The number of aromatic nitrogens is 4. The molecule has 0 unspecified atom stereocenters. The smallest absolute Gasteiger partial charge is 0.291 e. The Morgan fingerprint density at radius 2 is 2.11 bits per heavy atom. The number of nitrogens with one attached hydrogen (secondary N) is 1. The summed E-state index contributed by atoms with van der Waals surface area (Å²) in [6, 6.07) is 12.7. The van der Waals surface area contributed by atoms with Gasteiger partial charge in [-0.15, -0.1) is 5.10 Å². The van der Waals surface area contributed by atoms with Crippen molar-refractivity contribution in [2.75, 3.05) is 18.7 Å². The van der Waals surface area contributed by atoms with Crippen molar-refractivity contribution in [3.8, 4) is 11.4 Å². The van der Waals surface area contributed by atoms with Gasteiger partial charge in [-0.2, -0.15) is 4.68 Å². The molecule has 0 bridgehead atoms. The number of hydrogen-bond donors (Lipinski definition) is 1. The summed E-state index contributed by atoms with van der Waals surface area (Å²) in [5.41, 5.74) is 2.75. The lowest BCUT2D eigenvalue weighted by Gasteiger charge is -2.07. The number of tetrazole rings is 1. The first-order chi connectivity index (χ1) is 13.6. The van der Waals surface area contributed by atoms with E-state index < -0.39 is 0 Å². The van der Waals surface area contributed by atoms with Crippen LogP contribution in [0.2, 0.25) is 0 Å². The van der Waals surface area contributed by atoms with Gasteiger partial charge in [-0.25, -0.2) is 0 Å². The Bertz CT molecular complexity index is 1170. The van der Waals surface area contributed by atoms with Crippen LogP contribution in [0.25, 0.3) is 16.7 Å². The largest absolute Gasteiger partial charge is 0.497 e. The zero-order chi connectivity index (χ0) is 19.7. The highest BCUT2D eigenvalue weighted by atomic mass is 32.2. The van der Waals surface area contributed by atoms with Crippen molar-refractivity contribution in [1.29, 1.82) is 0 Å². The van der Waals surface area contributed by atoms with Crippen LogP contribution in [0.15, 0.2) is 52.0 Å². The number of fused-ring (bicyclic) bond motifs is 1. The molecule has 0 aliphatic carbocycles. The number of rotatable bonds is 5. The van der Waals surface area contributed by atoms with Crippen molar-refractivity contribution in [2.24, 2.45) is 0 Å². The monoisotopic (exact) mass is 395 g/mol. The van der Waals surface area contributed by atoms with E-state index in [4.69, 9.17) is 9.15 Å². The predicted octanol–water partition coefficient (Wildman–Crippen LogP) is 3.70. The van der Waals surface area contributed by atoms with E-state index in [2.05, 4.69) is 20.8 Å². The minimum atomic E-state index is -0.327. The molecule has 2 aromatic heterocycles. The lowest BCUT2D eigenvalue weighted by atomic mass is 10.1. The maximum atomic E-state index is 12.8. The average molecular weight is 395 g/mol. The standard InChI is InChI=1S/C19H17N5O3S/c1-11-15-10-14(26-2)7-8-16(15)27-17(11)18(25)20-12-5-4-6-13(9-12)24-19(28-3)21-22-23-24/h4-10H,1-3H3,(H,20,25). The van der Waals surface area contributed by atoms with E-state index in [0.29, 0.717) is 22.2 Å². The quantitative estimate of drug-likeness (QED) is 0.515. The molecule has 142 valence electrons. The predicted molar refractivity (Wildman–Crippen MR) is 106 cm³/mol. The van der Waals surface area contributed by atoms with Crippen molar-refractivity contribution < 1.29 is 13.9 Å². The molecule has 0 saturated heterocycles. The van der Waals surface area contributed by atoms with Gasteiger partial charge in [0.15, 0.2) is 5.76 Å². The van der Waals surface area contributed by atoms with Crippen molar-refractivity contribution in [3.05, 3.63) is 53.8 Å². The van der Waals surface area contributed by atoms with E-state index in [1.807, 2.05) is 31.4 Å². The van der Waals surface area contributed by atoms with Crippen molar-refractivity contribution >= 4 is 34.3 Å². The molecule has 0 atom stereocenters. The van der Waals surface area contributed by atoms with Gasteiger partial charge in [0.2, 0.25) is 5.16 Å². The van der Waals surface area contributed by atoms with Crippen LogP contribution >= 0.6 is 11.8 Å². The summed E-state index contributed by atoms with van der Waals surface area (Å²) in [7, 11) is 1.60. The van der Waals surface area contributed by atoms with Crippen LogP contribution in [0.4, 0.5) is 5.69 Å². The van der Waals surface area contributed by atoms with Gasteiger partial charge in [0.25, 0.3) is 5.91 Å². The zero-order valence-corrected chi connectivity index (χ0v) is 16.3. The Kier molecular flexibility index (Phi) is 4.74. The molecule has 0 spiro atoms. The van der Waals surface area contributed by atoms with Gasteiger partial charge in [0.1, 0.15) is 11.3 Å². The highest BCUT2D eigenvalue weighted by Gasteiger charge is 2.18. The van der Waals surface area contributed by atoms with E-state index >= 15 is 0 Å². The molecule has 2 aromatic carbocycles. The SMILES string of the molecule is COc1ccc2oc(C(=O)Nc3cccc(-n4nnnc4SC)c3)c(C)c2c1. The lowest BCUT2D eigenvalue weighted by molar-refractivity contribution is 0.0998. The Morgan fingerprint density at radius 1 is 1.25 bits per heavy atom. The first-order valence-electron chi connectivity index (χ1n) is 8.42. The van der Waals surface area contributed by atoms with E-state index in [1.165, 1.54) is 11.8 Å². The van der Waals surface area contributed by atoms with Gasteiger partial charge in [-0.05, 0) is 60.0 Å². The van der Waals surface area contributed by atoms with Gasteiger partial charge >= 0.3 is 0 Å². The molecular formula is C19H17N5O3S. The fourth-order valence-electron chi connectivity index (χ4n) is 2.92. The summed E-state index contributed by atoms with van der Waals surface area (Å²) in [6.45, 7) is 1.85. The highest BCUT2D eigenvalue weighted by molar-refractivity contribution is 7.98. The van der Waals surface area contributed by atoms with Crippen LogP contribution in [0.5, 0.6) is 5.75 Å². The third-order valence-electron chi connectivity index (χ3n) is 4.32. The first-order valence-corrected chi connectivity index (χ1v) is 9.64. The van der Waals surface area contributed by atoms with Gasteiger partial charge in [0, 0.05) is 16.6 Å². The van der Waals surface area contributed by atoms with Crippen LogP contribution in [0.1, 0.15) is 16.1 Å². The number of ether oxygens (including phenoxy) is 1. The highest BCUT2D eigenvalue weighted by Crippen LogP contribution is 2.29. The Morgan fingerprint density at radius 3 is 2.89 bits per heavy atom. The normalized spacial score (nSPS) is 11.0. The number of carbonyl (C=O) groups is 1. The number of methoxy groups -OCH3 is 1. The van der Waals surface area contributed by atoms with Crippen LogP contribution < -0.4 is 10.1 Å². The second-order valence-corrected chi connectivity index (χ2v) is 6.77. The Labute approximate surface area is 164 Å². The van der Waals surface area contributed by atoms with Gasteiger partial charge in [0.05, 0.1) is 12.8 Å². The third-order valence-corrected chi connectivity index (χ3v) is 4.94. The summed E-state index contributed by atoms with van der Waals surface area (Å²) in [6.07, 6.45) is 1.90. The molecule has 8 nitrogen and oxygen atoms in total. The molecular weight excluding hydrogens is 378 g/mol. The van der Waals surface area contributed by atoms with Crippen LogP contribution in [0.3, 0.4) is 0 Å². The first kappa shape index (κ1) is 18.1. The van der Waals surface area contributed by atoms with Crippen LogP contribution in [-0.2, 0) is 0 Å². The van der Waals surface area contributed by atoms with Crippen LogP contribution in [-0.4, -0.2) is 39.5 Å². The van der Waals surface area contributed by atoms with E-state index in [9.17, 15) is 4.79 Å². The summed E-state index contributed by atoms with van der Waals surface area (Å²) in [5.74, 6) is 0.648. The molecule has 28 heavy (non-hydrogen) atoms. The third kappa shape index (κ3) is 3.20. The van der Waals surface area contributed by atoms with Crippen molar-refractivity contribution in [3.63, 3.8) is 0 Å². The molecule has 0 saturated carbocycles. The molecule has 1 amide bonds. The molecule has 4 aromatic rings. The Hall–Kier alpha value is -3.33. The number of anilines is 1. The second-order valence-electron chi connectivity index (χ2n) is 6.00. The number of aryl methyl sites for hydroxylation is 1. The van der Waals surface area contributed by atoms with Crippen molar-refractivity contribution in [1.82, 2.24) is 20.2 Å². The van der Waals surface area contributed by atoms with E-state index in [1.54, 1.807) is 36.1 Å². The Balaban J connectivity index is 1.63. The molecule has 0 radical (unpaired) electrons. The number of nitrogens with zero attached hydrogens (tertiary/aromatic N) is 4. The number of furan rings is 1. The minimum absolute atomic E-state index is 0.265. The topological polar surface area (TPSA) is 95.1 Å². The maximum absolute atomic E-state index is 12.8. The molecule has 1 N–H and O–H groups in total.